The number of benzene rings is 3. The van der Waals surface area contributed by atoms with E-state index in [2.05, 4.69) is 6.58 Å². The third-order valence-electron chi connectivity index (χ3n) is 8.36. The summed E-state index contributed by atoms with van der Waals surface area (Å²) in [7, 11) is 0. The second-order valence-corrected chi connectivity index (χ2v) is 11.5. The fourth-order valence-corrected chi connectivity index (χ4v) is 5.85. The number of ether oxygens (including phenoxy) is 2. The van der Waals surface area contributed by atoms with Crippen molar-refractivity contribution in [3.8, 4) is 0 Å². The molecule has 3 atom stereocenters. The standard InChI is InChI=1S/C35H36F6N2O4/c1-4-17-42(25(3)44)31-15-16-33(28-13-9-6-10-14-28,43(21-31)32(45)46-22-26-11-7-5-8-12-26)23-47-24(2)27-18-29(34(36,37)38)20-30(19-27)35(39,40)41/h4-14,18-20,24,31H,1,15-17,21-23H2,2-3H3/t24-,31?,33-/m1/s1. The van der Waals surface area contributed by atoms with Gasteiger partial charge in [0.2, 0.25) is 5.91 Å². The van der Waals surface area contributed by atoms with E-state index in [0.717, 1.165) is 5.56 Å². The molecule has 2 amide bonds. The molecule has 3 aromatic rings. The van der Waals surface area contributed by atoms with Crippen molar-refractivity contribution in [1.82, 2.24) is 9.80 Å². The Hall–Kier alpha value is -4.32. The monoisotopic (exact) mass is 662 g/mol. The van der Waals surface area contributed by atoms with Crippen LogP contribution in [-0.2, 0) is 38.8 Å². The Balaban J connectivity index is 1.73. The van der Waals surface area contributed by atoms with E-state index in [1.54, 1.807) is 65.6 Å². The highest BCUT2D eigenvalue weighted by atomic mass is 19.4. The maximum atomic E-state index is 14.0. The van der Waals surface area contributed by atoms with Crippen LogP contribution < -0.4 is 0 Å². The van der Waals surface area contributed by atoms with Crippen molar-refractivity contribution < 1.29 is 45.4 Å². The summed E-state index contributed by atoms with van der Waals surface area (Å²) < 4.78 is 93.5. The second-order valence-electron chi connectivity index (χ2n) is 11.5. The number of halogens is 6. The van der Waals surface area contributed by atoms with Crippen LogP contribution in [0.25, 0.3) is 0 Å². The predicted octanol–water partition coefficient (Wildman–Crippen LogP) is 8.53. The van der Waals surface area contributed by atoms with E-state index in [0.29, 0.717) is 24.1 Å². The normalized spacial score (nSPS) is 19.1. The summed E-state index contributed by atoms with van der Waals surface area (Å²) >= 11 is 0. The SMILES string of the molecule is C=CCN(C(C)=O)C1CC[C@@](CO[C@H](C)c2cc(C(F)(F)F)cc(C(F)(F)F)c2)(c2ccccc2)N(C(=O)OCc2ccccc2)C1. The lowest BCUT2D eigenvalue weighted by molar-refractivity contribution is -0.143. The number of alkyl halides is 6. The van der Waals surface area contributed by atoms with E-state index in [1.807, 2.05) is 6.07 Å². The van der Waals surface area contributed by atoms with E-state index < -0.39 is 47.3 Å². The number of hydrogen-bond acceptors (Lipinski definition) is 4. The van der Waals surface area contributed by atoms with Crippen molar-refractivity contribution >= 4 is 12.0 Å². The van der Waals surface area contributed by atoms with Gasteiger partial charge in [0, 0.05) is 26.1 Å². The molecule has 0 aliphatic carbocycles. The highest BCUT2D eigenvalue weighted by Gasteiger charge is 2.48. The molecule has 47 heavy (non-hydrogen) atoms. The molecule has 0 radical (unpaired) electrons. The number of likely N-dealkylation sites (tertiary alicyclic amines) is 1. The molecule has 1 heterocycles. The summed E-state index contributed by atoms with van der Waals surface area (Å²) in [6, 6.07) is 18.7. The van der Waals surface area contributed by atoms with Crippen LogP contribution in [-0.4, -0.2) is 47.5 Å². The number of nitrogens with zero attached hydrogens (tertiary/aromatic N) is 2. The molecule has 12 heteroatoms. The van der Waals surface area contributed by atoms with Gasteiger partial charge in [0.15, 0.2) is 0 Å². The number of carbonyl (C=O) groups is 2. The van der Waals surface area contributed by atoms with Crippen LogP contribution in [0.3, 0.4) is 0 Å². The van der Waals surface area contributed by atoms with E-state index >= 15 is 0 Å². The van der Waals surface area contributed by atoms with E-state index in [1.165, 1.54) is 18.7 Å². The van der Waals surface area contributed by atoms with Crippen molar-refractivity contribution in [2.75, 3.05) is 19.7 Å². The Kier molecular flexibility index (Phi) is 11.1. The van der Waals surface area contributed by atoms with Gasteiger partial charge in [-0.15, -0.1) is 6.58 Å². The zero-order valence-corrected chi connectivity index (χ0v) is 26.0. The van der Waals surface area contributed by atoms with E-state index in [-0.39, 0.29) is 50.3 Å². The number of amides is 2. The van der Waals surface area contributed by atoms with Crippen molar-refractivity contribution in [3.05, 3.63) is 119 Å². The van der Waals surface area contributed by atoms with E-state index in [9.17, 15) is 35.9 Å². The first-order chi connectivity index (χ1) is 22.2. The summed E-state index contributed by atoms with van der Waals surface area (Å²) in [5.41, 5.74) is -3.12. The zero-order chi connectivity index (χ0) is 34.4. The molecule has 1 aliphatic heterocycles. The first-order valence-corrected chi connectivity index (χ1v) is 15.0. The van der Waals surface area contributed by atoms with Gasteiger partial charge in [-0.2, -0.15) is 26.3 Å². The van der Waals surface area contributed by atoms with Crippen molar-refractivity contribution in [2.45, 2.75) is 63.3 Å². The minimum Gasteiger partial charge on any atom is -0.445 e. The predicted molar refractivity (Wildman–Crippen MR) is 163 cm³/mol. The van der Waals surface area contributed by atoms with Crippen molar-refractivity contribution in [2.24, 2.45) is 0 Å². The number of rotatable bonds is 10. The van der Waals surface area contributed by atoms with Crippen molar-refractivity contribution in [3.63, 3.8) is 0 Å². The molecule has 1 aliphatic rings. The lowest BCUT2D eigenvalue weighted by Gasteiger charge is -2.51. The smallest absolute Gasteiger partial charge is 0.416 e. The highest BCUT2D eigenvalue weighted by Crippen LogP contribution is 2.42. The lowest BCUT2D eigenvalue weighted by Crippen LogP contribution is -2.61. The topological polar surface area (TPSA) is 59.1 Å². The molecule has 0 N–H and O–H groups in total. The first kappa shape index (κ1) is 35.5. The molecule has 1 unspecified atom stereocenters. The molecule has 252 valence electrons. The fraction of sp³-hybridized carbons (Fsp3) is 0.371. The van der Waals surface area contributed by atoms with Crippen LogP contribution in [0.15, 0.2) is 91.5 Å². The molecule has 1 saturated heterocycles. The summed E-state index contributed by atoms with van der Waals surface area (Å²) in [6.07, 6.45) is -9.77. The Morgan fingerprint density at radius 1 is 0.979 bits per heavy atom. The van der Waals surface area contributed by atoms with Crippen molar-refractivity contribution in [1.29, 1.82) is 0 Å². The maximum absolute atomic E-state index is 14.0. The van der Waals surface area contributed by atoms with Gasteiger partial charge in [0.25, 0.3) is 0 Å². The average Bonchev–Trinajstić information content (AvgIpc) is 3.04. The molecule has 3 aromatic carbocycles. The van der Waals surface area contributed by atoms with Gasteiger partial charge in [0.05, 0.1) is 29.4 Å². The second kappa shape index (κ2) is 14.6. The molecule has 0 aromatic heterocycles. The highest BCUT2D eigenvalue weighted by molar-refractivity contribution is 5.74. The number of hydrogen-bond donors (Lipinski definition) is 0. The number of piperidine rings is 1. The summed E-state index contributed by atoms with van der Waals surface area (Å²) in [5.74, 6) is -0.227. The molecule has 1 fully saturated rings. The summed E-state index contributed by atoms with van der Waals surface area (Å²) in [6.45, 7) is 6.41. The lowest BCUT2D eigenvalue weighted by atomic mass is 9.79. The van der Waals surface area contributed by atoms with Crippen LogP contribution in [0.5, 0.6) is 0 Å². The van der Waals surface area contributed by atoms with E-state index in [4.69, 9.17) is 9.47 Å². The quantitative estimate of drug-likeness (QED) is 0.161. The molecular formula is C35H36F6N2O4. The van der Waals surface area contributed by atoms with Gasteiger partial charge >= 0.3 is 18.4 Å². The largest absolute Gasteiger partial charge is 0.445 e. The molecule has 6 nitrogen and oxygen atoms in total. The molecule has 0 bridgehead atoms. The zero-order valence-electron chi connectivity index (χ0n) is 26.0. The fourth-order valence-electron chi connectivity index (χ4n) is 5.85. The third-order valence-corrected chi connectivity index (χ3v) is 8.36. The maximum Gasteiger partial charge on any atom is 0.416 e. The van der Waals surface area contributed by atoms with Crippen LogP contribution in [0.1, 0.15) is 60.6 Å². The van der Waals surface area contributed by atoms with Crippen LogP contribution in [0, 0.1) is 0 Å². The summed E-state index contributed by atoms with van der Waals surface area (Å²) in [4.78, 5) is 29.6. The van der Waals surface area contributed by atoms with Crippen LogP contribution in [0.4, 0.5) is 31.1 Å². The van der Waals surface area contributed by atoms with Gasteiger partial charge < -0.3 is 14.4 Å². The Bertz CT molecular complexity index is 1500. The molecule has 0 saturated carbocycles. The molecular weight excluding hydrogens is 626 g/mol. The summed E-state index contributed by atoms with van der Waals surface area (Å²) in [5, 5.41) is 0. The van der Waals surface area contributed by atoms with Gasteiger partial charge in [-0.3, -0.25) is 9.69 Å². The van der Waals surface area contributed by atoms with Gasteiger partial charge in [-0.1, -0.05) is 66.7 Å². The van der Waals surface area contributed by atoms with Gasteiger partial charge in [-0.25, -0.2) is 4.79 Å². The molecule has 0 spiro atoms. The minimum atomic E-state index is -5.02. The average molecular weight is 663 g/mol. The van der Waals surface area contributed by atoms with Gasteiger partial charge in [0.1, 0.15) is 6.61 Å². The van der Waals surface area contributed by atoms with Gasteiger partial charge in [-0.05, 0) is 54.7 Å². The minimum absolute atomic E-state index is 0.0233. The first-order valence-electron chi connectivity index (χ1n) is 15.0. The third kappa shape index (κ3) is 8.54. The van der Waals surface area contributed by atoms with Crippen LogP contribution >= 0.6 is 0 Å². The molecule has 4 rings (SSSR count). The Morgan fingerprint density at radius 3 is 2.09 bits per heavy atom. The Morgan fingerprint density at radius 2 is 1.55 bits per heavy atom. The Labute approximate surface area is 269 Å². The van der Waals surface area contributed by atoms with Crippen LogP contribution in [0.2, 0.25) is 0 Å². The number of carbonyl (C=O) groups excluding carboxylic acids is 2.